The van der Waals surface area contributed by atoms with Gasteiger partial charge < -0.3 is 15.0 Å². The van der Waals surface area contributed by atoms with E-state index in [4.69, 9.17) is 4.74 Å². The molecule has 0 aliphatic rings. The number of hydrogen-bond donors (Lipinski definition) is 1. The van der Waals surface area contributed by atoms with E-state index in [-0.39, 0.29) is 0 Å². The summed E-state index contributed by atoms with van der Waals surface area (Å²) in [4.78, 5) is 2.33. The van der Waals surface area contributed by atoms with Crippen molar-refractivity contribution in [1.82, 2.24) is 10.2 Å². The first-order chi connectivity index (χ1) is 9.40. The normalized spacial score (nSPS) is 11.9. The number of rotatable bonds is 8. The summed E-state index contributed by atoms with van der Waals surface area (Å²) < 4.78 is 5.25. The number of nitrogens with zero attached hydrogens (tertiary/aromatic N) is 1. The van der Waals surface area contributed by atoms with E-state index < -0.39 is 0 Å². The molecule has 1 aromatic carbocycles. The number of ether oxygens (including phenoxy) is 1. The van der Waals surface area contributed by atoms with Crippen LogP contribution in [0.15, 0.2) is 24.3 Å². The van der Waals surface area contributed by atoms with E-state index in [1.54, 1.807) is 7.11 Å². The standard InChI is InChI=1S/C17H30N2O/c1-17(2,3)9-10-18-11-12-19(4)14-15-7-6-8-16(13-15)20-5/h6-8,13,18H,9-12,14H2,1-5H3. The number of hydrogen-bond acceptors (Lipinski definition) is 3. The zero-order valence-corrected chi connectivity index (χ0v) is 13.7. The van der Waals surface area contributed by atoms with Crippen LogP contribution in [0.1, 0.15) is 32.8 Å². The summed E-state index contributed by atoms with van der Waals surface area (Å²) in [5, 5.41) is 3.51. The van der Waals surface area contributed by atoms with Gasteiger partial charge in [-0.2, -0.15) is 0 Å². The van der Waals surface area contributed by atoms with Crippen LogP contribution in [0.4, 0.5) is 0 Å². The van der Waals surface area contributed by atoms with Crippen molar-refractivity contribution in [2.75, 3.05) is 33.8 Å². The second-order valence-electron chi connectivity index (χ2n) is 6.65. The van der Waals surface area contributed by atoms with Crippen molar-refractivity contribution in [2.45, 2.75) is 33.7 Å². The molecular weight excluding hydrogens is 248 g/mol. The Labute approximate surface area is 124 Å². The van der Waals surface area contributed by atoms with Crippen molar-refractivity contribution in [3.8, 4) is 5.75 Å². The van der Waals surface area contributed by atoms with E-state index in [1.165, 1.54) is 12.0 Å². The molecule has 3 heteroatoms. The van der Waals surface area contributed by atoms with Crippen LogP contribution in [-0.2, 0) is 6.54 Å². The zero-order valence-electron chi connectivity index (χ0n) is 13.7. The van der Waals surface area contributed by atoms with Crippen molar-refractivity contribution < 1.29 is 4.74 Å². The van der Waals surface area contributed by atoms with Crippen LogP contribution in [-0.4, -0.2) is 38.7 Å². The van der Waals surface area contributed by atoms with Crippen molar-refractivity contribution in [3.05, 3.63) is 29.8 Å². The molecule has 0 aromatic heterocycles. The van der Waals surface area contributed by atoms with Crippen LogP contribution < -0.4 is 10.1 Å². The molecule has 1 N–H and O–H groups in total. The first-order valence-electron chi connectivity index (χ1n) is 7.43. The molecule has 114 valence electrons. The maximum Gasteiger partial charge on any atom is 0.119 e. The fourth-order valence-electron chi connectivity index (χ4n) is 2.02. The Bertz CT molecular complexity index is 385. The lowest BCUT2D eigenvalue weighted by atomic mass is 9.92. The summed E-state index contributed by atoms with van der Waals surface area (Å²) in [6.07, 6.45) is 1.21. The lowest BCUT2D eigenvalue weighted by Gasteiger charge is -2.20. The summed E-state index contributed by atoms with van der Waals surface area (Å²) in [5.41, 5.74) is 1.71. The first-order valence-corrected chi connectivity index (χ1v) is 7.43. The highest BCUT2D eigenvalue weighted by Crippen LogP contribution is 2.17. The molecule has 1 rings (SSSR count). The Kier molecular flexibility index (Phi) is 7.03. The molecule has 0 bridgehead atoms. The predicted molar refractivity (Wildman–Crippen MR) is 86.3 cm³/mol. The molecule has 0 amide bonds. The van der Waals surface area contributed by atoms with Crippen LogP contribution in [0.3, 0.4) is 0 Å². The Hall–Kier alpha value is -1.06. The average Bonchev–Trinajstić information content (AvgIpc) is 2.37. The van der Waals surface area contributed by atoms with E-state index in [9.17, 15) is 0 Å². The number of nitrogens with one attached hydrogen (secondary N) is 1. The quantitative estimate of drug-likeness (QED) is 0.739. The molecule has 0 saturated heterocycles. The molecule has 3 nitrogen and oxygen atoms in total. The fraction of sp³-hybridized carbons (Fsp3) is 0.647. The van der Waals surface area contributed by atoms with Crippen LogP contribution >= 0.6 is 0 Å². The monoisotopic (exact) mass is 278 g/mol. The predicted octanol–water partition coefficient (Wildman–Crippen LogP) is 3.15. The van der Waals surface area contributed by atoms with Gasteiger partial charge in [0.2, 0.25) is 0 Å². The molecule has 0 aliphatic carbocycles. The van der Waals surface area contributed by atoms with Crippen molar-refractivity contribution in [1.29, 1.82) is 0 Å². The third-order valence-corrected chi connectivity index (χ3v) is 3.31. The van der Waals surface area contributed by atoms with Gasteiger partial charge >= 0.3 is 0 Å². The smallest absolute Gasteiger partial charge is 0.119 e. The third-order valence-electron chi connectivity index (χ3n) is 3.31. The zero-order chi connectivity index (χ0) is 15.0. The van der Waals surface area contributed by atoms with E-state index in [2.05, 4.69) is 50.2 Å². The fourth-order valence-corrected chi connectivity index (χ4v) is 2.02. The largest absolute Gasteiger partial charge is 0.497 e. The van der Waals surface area contributed by atoms with Crippen LogP contribution in [0.25, 0.3) is 0 Å². The molecule has 0 atom stereocenters. The van der Waals surface area contributed by atoms with Gasteiger partial charge in [-0.1, -0.05) is 32.9 Å². The van der Waals surface area contributed by atoms with Gasteiger partial charge in [0.25, 0.3) is 0 Å². The second kappa shape index (κ2) is 8.28. The van der Waals surface area contributed by atoms with E-state index in [0.29, 0.717) is 5.41 Å². The van der Waals surface area contributed by atoms with Crippen LogP contribution in [0.2, 0.25) is 0 Å². The van der Waals surface area contributed by atoms with Crippen LogP contribution in [0, 0.1) is 5.41 Å². The molecule has 20 heavy (non-hydrogen) atoms. The highest BCUT2D eigenvalue weighted by atomic mass is 16.5. The Morgan fingerprint density at radius 2 is 1.95 bits per heavy atom. The van der Waals surface area contributed by atoms with Gasteiger partial charge in [-0.25, -0.2) is 0 Å². The van der Waals surface area contributed by atoms with Crippen molar-refractivity contribution >= 4 is 0 Å². The van der Waals surface area contributed by atoms with Gasteiger partial charge in [0.05, 0.1) is 7.11 Å². The lowest BCUT2D eigenvalue weighted by molar-refractivity contribution is 0.314. The minimum atomic E-state index is 0.416. The minimum Gasteiger partial charge on any atom is -0.497 e. The number of methoxy groups -OCH3 is 1. The van der Waals surface area contributed by atoms with E-state index in [1.807, 2.05) is 12.1 Å². The van der Waals surface area contributed by atoms with Crippen molar-refractivity contribution in [2.24, 2.45) is 5.41 Å². The SMILES string of the molecule is COc1cccc(CN(C)CCNCCC(C)(C)C)c1. The summed E-state index contributed by atoms with van der Waals surface area (Å²) in [6.45, 7) is 11.0. The molecule has 0 fully saturated rings. The summed E-state index contributed by atoms with van der Waals surface area (Å²) in [7, 11) is 3.87. The summed E-state index contributed by atoms with van der Waals surface area (Å²) in [5.74, 6) is 0.930. The summed E-state index contributed by atoms with van der Waals surface area (Å²) in [6, 6.07) is 8.27. The maximum atomic E-state index is 5.25. The highest BCUT2D eigenvalue weighted by Gasteiger charge is 2.08. The van der Waals surface area contributed by atoms with E-state index >= 15 is 0 Å². The Morgan fingerprint density at radius 1 is 1.20 bits per heavy atom. The average molecular weight is 278 g/mol. The molecule has 1 aromatic rings. The van der Waals surface area contributed by atoms with Gasteiger partial charge in [0.15, 0.2) is 0 Å². The topological polar surface area (TPSA) is 24.5 Å². The van der Waals surface area contributed by atoms with Crippen molar-refractivity contribution in [3.63, 3.8) is 0 Å². The molecule has 0 radical (unpaired) electrons. The van der Waals surface area contributed by atoms with Gasteiger partial charge in [-0.15, -0.1) is 0 Å². The maximum absolute atomic E-state index is 5.25. The molecule has 0 heterocycles. The second-order valence-corrected chi connectivity index (χ2v) is 6.65. The number of benzene rings is 1. The summed E-state index contributed by atoms with van der Waals surface area (Å²) >= 11 is 0. The number of likely N-dealkylation sites (N-methyl/N-ethyl adjacent to an activating group) is 1. The van der Waals surface area contributed by atoms with Gasteiger partial charge in [-0.05, 0) is 43.1 Å². The molecule has 0 spiro atoms. The minimum absolute atomic E-state index is 0.416. The molecule has 0 aliphatic heterocycles. The molecule has 0 saturated carbocycles. The third kappa shape index (κ3) is 7.51. The Balaban J connectivity index is 2.21. The molecule has 0 unspecified atom stereocenters. The highest BCUT2D eigenvalue weighted by molar-refractivity contribution is 5.28. The van der Waals surface area contributed by atoms with Gasteiger partial charge in [0, 0.05) is 19.6 Å². The first kappa shape index (κ1) is 17.0. The van der Waals surface area contributed by atoms with E-state index in [0.717, 1.165) is 31.9 Å². The lowest BCUT2D eigenvalue weighted by Crippen LogP contribution is -2.30. The Morgan fingerprint density at radius 3 is 2.60 bits per heavy atom. The van der Waals surface area contributed by atoms with Gasteiger partial charge in [0.1, 0.15) is 5.75 Å². The molecular formula is C17H30N2O. The van der Waals surface area contributed by atoms with Crippen LogP contribution in [0.5, 0.6) is 5.75 Å². The van der Waals surface area contributed by atoms with Gasteiger partial charge in [-0.3, -0.25) is 0 Å².